The Hall–Kier alpha value is -2.93. The van der Waals surface area contributed by atoms with E-state index in [1.807, 2.05) is 68.4 Å². The Bertz CT molecular complexity index is 1030. The zero-order valence-corrected chi connectivity index (χ0v) is 18.1. The third kappa shape index (κ3) is 4.97. The highest BCUT2D eigenvalue weighted by atomic mass is 32.2. The fourth-order valence-corrected chi connectivity index (χ4v) is 3.92. The van der Waals surface area contributed by atoms with Gasteiger partial charge in [-0.1, -0.05) is 86.6 Å². The van der Waals surface area contributed by atoms with E-state index in [1.54, 1.807) is 0 Å². The van der Waals surface area contributed by atoms with Crippen LogP contribution in [0.4, 0.5) is 0 Å². The molecule has 0 aliphatic heterocycles. The molecule has 0 spiro atoms. The molecule has 0 saturated heterocycles. The van der Waals surface area contributed by atoms with Crippen molar-refractivity contribution in [1.29, 1.82) is 0 Å². The number of aromatic nitrogens is 2. The van der Waals surface area contributed by atoms with Crippen LogP contribution in [-0.4, -0.2) is 41.0 Å². The summed E-state index contributed by atoms with van der Waals surface area (Å²) in [5.74, 6) is -0.557. The van der Waals surface area contributed by atoms with Crippen molar-refractivity contribution in [3.05, 3.63) is 54.6 Å². The summed E-state index contributed by atoms with van der Waals surface area (Å²) in [5.41, 5.74) is 1.80. The van der Waals surface area contributed by atoms with Crippen molar-refractivity contribution in [3.8, 4) is 11.3 Å². The molecule has 3 aromatic rings. The molecule has 0 bridgehead atoms. The number of esters is 1. The number of methoxy groups -OCH3 is 1. The number of carbonyl (C=O) groups is 2. The van der Waals surface area contributed by atoms with Crippen LogP contribution in [0.3, 0.4) is 0 Å². The largest absolute Gasteiger partial charge is 0.467 e. The maximum Gasteiger partial charge on any atom is 0.328 e. The lowest BCUT2D eigenvalue weighted by molar-refractivity contribution is -0.146. The lowest BCUT2D eigenvalue weighted by Crippen LogP contribution is -2.46. The van der Waals surface area contributed by atoms with E-state index >= 15 is 0 Å². The quantitative estimate of drug-likeness (QED) is 0.434. The molecule has 3 rings (SSSR count). The van der Waals surface area contributed by atoms with Crippen molar-refractivity contribution < 1.29 is 14.3 Å². The van der Waals surface area contributed by atoms with Gasteiger partial charge in [-0.05, 0) is 5.92 Å². The predicted molar refractivity (Wildman–Crippen MR) is 119 cm³/mol. The van der Waals surface area contributed by atoms with E-state index < -0.39 is 12.0 Å². The van der Waals surface area contributed by atoms with Crippen molar-refractivity contribution in [2.45, 2.75) is 31.3 Å². The topological polar surface area (TPSA) is 81.2 Å². The van der Waals surface area contributed by atoms with E-state index in [4.69, 9.17) is 4.74 Å². The van der Waals surface area contributed by atoms with Gasteiger partial charge in [0.1, 0.15) is 16.8 Å². The van der Waals surface area contributed by atoms with E-state index in [9.17, 15) is 9.59 Å². The lowest BCUT2D eigenvalue weighted by atomic mass is 9.99. The molecule has 1 heterocycles. The number of nitrogens with one attached hydrogen (secondary N) is 1. The van der Waals surface area contributed by atoms with Gasteiger partial charge >= 0.3 is 5.97 Å². The van der Waals surface area contributed by atoms with Crippen molar-refractivity contribution in [1.82, 2.24) is 15.5 Å². The Morgan fingerprint density at radius 2 is 1.70 bits per heavy atom. The second-order valence-corrected chi connectivity index (χ2v) is 7.97. The zero-order chi connectivity index (χ0) is 21.5. The van der Waals surface area contributed by atoms with Gasteiger partial charge in [0.2, 0.25) is 5.91 Å². The van der Waals surface area contributed by atoms with Gasteiger partial charge in [0.15, 0.2) is 0 Å². The molecular formula is C23H25N3O3S. The van der Waals surface area contributed by atoms with Crippen LogP contribution in [0.1, 0.15) is 20.3 Å². The van der Waals surface area contributed by atoms with E-state index in [0.29, 0.717) is 5.03 Å². The maximum absolute atomic E-state index is 12.5. The molecule has 0 unspecified atom stereocenters. The SMILES string of the molecule is CC[C@@H](C)[C@H](NC(=O)CSc1nnc(-c2ccccc2)c2ccccc12)C(=O)OC. The zero-order valence-electron chi connectivity index (χ0n) is 17.3. The summed E-state index contributed by atoms with van der Waals surface area (Å²) in [6, 6.07) is 17.1. The summed E-state index contributed by atoms with van der Waals surface area (Å²) in [5, 5.41) is 14.2. The number of hydrogen-bond acceptors (Lipinski definition) is 6. The minimum absolute atomic E-state index is 0.0165. The first kappa shape index (κ1) is 21.8. The number of benzene rings is 2. The molecule has 2 atom stereocenters. The van der Waals surface area contributed by atoms with Crippen LogP contribution in [0.2, 0.25) is 0 Å². The van der Waals surface area contributed by atoms with Gasteiger partial charge in [0.25, 0.3) is 0 Å². The summed E-state index contributed by atoms with van der Waals surface area (Å²) in [4.78, 5) is 24.5. The Morgan fingerprint density at radius 1 is 1.03 bits per heavy atom. The van der Waals surface area contributed by atoms with Crippen molar-refractivity contribution in [2.24, 2.45) is 5.92 Å². The van der Waals surface area contributed by atoms with Crippen LogP contribution in [0.5, 0.6) is 0 Å². The molecule has 0 fully saturated rings. The standard InChI is InChI=1S/C23H25N3O3S/c1-4-15(2)20(23(28)29-3)24-19(27)14-30-22-18-13-9-8-12-17(18)21(25-26-22)16-10-6-5-7-11-16/h5-13,15,20H,4,14H2,1-3H3,(H,24,27)/t15-,20+/m1/s1. The number of carbonyl (C=O) groups excluding carboxylic acids is 2. The van der Waals surface area contributed by atoms with Gasteiger partial charge in [-0.15, -0.1) is 10.2 Å². The molecule has 0 saturated carbocycles. The monoisotopic (exact) mass is 423 g/mol. The first-order valence-corrected chi connectivity index (χ1v) is 10.8. The summed E-state index contributed by atoms with van der Waals surface area (Å²) >= 11 is 1.30. The number of ether oxygens (including phenoxy) is 1. The van der Waals surface area contributed by atoms with Crippen LogP contribution < -0.4 is 5.32 Å². The minimum Gasteiger partial charge on any atom is -0.467 e. The average Bonchev–Trinajstić information content (AvgIpc) is 2.80. The van der Waals surface area contributed by atoms with E-state index in [2.05, 4.69) is 15.5 Å². The molecule has 0 aliphatic carbocycles. The van der Waals surface area contributed by atoms with Gasteiger partial charge in [-0.25, -0.2) is 4.79 Å². The predicted octanol–water partition coefficient (Wildman–Crippen LogP) is 4.09. The van der Waals surface area contributed by atoms with Crippen LogP contribution in [0.15, 0.2) is 59.6 Å². The second-order valence-electron chi connectivity index (χ2n) is 7.01. The van der Waals surface area contributed by atoms with Crippen molar-refractivity contribution in [2.75, 3.05) is 12.9 Å². The Labute approximate surface area is 180 Å². The second kappa shape index (κ2) is 10.2. The van der Waals surface area contributed by atoms with Crippen molar-refractivity contribution >= 4 is 34.4 Å². The molecule has 1 amide bonds. The molecule has 7 heteroatoms. The first-order valence-electron chi connectivity index (χ1n) is 9.86. The molecular weight excluding hydrogens is 398 g/mol. The Balaban J connectivity index is 1.78. The molecule has 2 aromatic carbocycles. The average molecular weight is 424 g/mol. The van der Waals surface area contributed by atoms with Gasteiger partial charge in [-0.3, -0.25) is 4.79 Å². The highest BCUT2D eigenvalue weighted by Gasteiger charge is 2.26. The molecule has 6 nitrogen and oxygen atoms in total. The van der Waals surface area contributed by atoms with E-state index in [0.717, 1.165) is 28.5 Å². The molecule has 1 N–H and O–H groups in total. The van der Waals surface area contributed by atoms with Gasteiger partial charge in [0, 0.05) is 16.3 Å². The summed E-state index contributed by atoms with van der Waals surface area (Å²) < 4.78 is 4.83. The molecule has 156 valence electrons. The van der Waals surface area contributed by atoms with Crippen molar-refractivity contribution in [3.63, 3.8) is 0 Å². The number of rotatable bonds is 8. The smallest absolute Gasteiger partial charge is 0.328 e. The summed E-state index contributed by atoms with van der Waals surface area (Å²) in [6.45, 7) is 3.88. The highest BCUT2D eigenvalue weighted by molar-refractivity contribution is 8.00. The molecule has 0 aliphatic rings. The highest BCUT2D eigenvalue weighted by Crippen LogP contribution is 2.31. The van der Waals surface area contributed by atoms with Crippen LogP contribution in [-0.2, 0) is 14.3 Å². The van der Waals surface area contributed by atoms with E-state index in [-0.39, 0.29) is 17.6 Å². The lowest BCUT2D eigenvalue weighted by Gasteiger charge is -2.21. The van der Waals surface area contributed by atoms with Gasteiger partial charge < -0.3 is 10.1 Å². The van der Waals surface area contributed by atoms with Gasteiger partial charge in [-0.2, -0.15) is 0 Å². The van der Waals surface area contributed by atoms with E-state index in [1.165, 1.54) is 18.9 Å². The van der Waals surface area contributed by atoms with Crippen LogP contribution in [0, 0.1) is 5.92 Å². The maximum atomic E-state index is 12.5. The third-order valence-electron chi connectivity index (χ3n) is 5.03. The fourth-order valence-electron chi connectivity index (χ4n) is 3.14. The number of thioether (sulfide) groups is 1. The fraction of sp³-hybridized carbons (Fsp3) is 0.304. The normalized spacial score (nSPS) is 12.9. The first-order chi connectivity index (χ1) is 14.5. The Morgan fingerprint density at radius 3 is 2.37 bits per heavy atom. The minimum atomic E-state index is -0.656. The number of fused-ring (bicyclic) bond motifs is 1. The van der Waals surface area contributed by atoms with Gasteiger partial charge in [0.05, 0.1) is 12.9 Å². The van der Waals surface area contributed by atoms with Crippen LogP contribution >= 0.6 is 11.8 Å². The third-order valence-corrected chi connectivity index (χ3v) is 6.01. The number of hydrogen-bond donors (Lipinski definition) is 1. The molecule has 0 radical (unpaired) electrons. The summed E-state index contributed by atoms with van der Waals surface area (Å²) in [7, 11) is 1.33. The number of nitrogens with zero attached hydrogens (tertiary/aromatic N) is 2. The Kier molecular flexibility index (Phi) is 7.41. The number of amides is 1. The summed E-state index contributed by atoms with van der Waals surface area (Å²) in [6.07, 6.45) is 0.754. The molecule has 1 aromatic heterocycles. The molecule has 30 heavy (non-hydrogen) atoms. The van der Waals surface area contributed by atoms with Crippen LogP contribution in [0.25, 0.3) is 22.0 Å².